The Balaban J connectivity index is 2.30. The van der Waals surface area contributed by atoms with Gasteiger partial charge in [0.1, 0.15) is 0 Å². The number of hydrogen-bond donors (Lipinski definition) is 0. The van der Waals surface area contributed by atoms with Crippen molar-refractivity contribution >= 4 is 27.9 Å². The summed E-state index contributed by atoms with van der Waals surface area (Å²) in [5, 5.41) is 10.6. The summed E-state index contributed by atoms with van der Waals surface area (Å²) in [5.41, 5.74) is -0.102. The Labute approximate surface area is 109 Å². The summed E-state index contributed by atoms with van der Waals surface area (Å²) in [7, 11) is 0. The third-order valence-electron chi connectivity index (χ3n) is 2.05. The molecule has 2 aromatic rings. The van der Waals surface area contributed by atoms with Crippen LogP contribution in [-0.2, 0) is 0 Å². The summed E-state index contributed by atoms with van der Waals surface area (Å²) in [6.45, 7) is 0. The van der Waals surface area contributed by atoms with Gasteiger partial charge in [0, 0.05) is 12.1 Å². The van der Waals surface area contributed by atoms with Crippen LogP contribution < -0.4 is 4.74 Å². The lowest BCUT2D eigenvalue weighted by Crippen LogP contribution is -1.90. The van der Waals surface area contributed by atoms with Crippen LogP contribution in [0.3, 0.4) is 0 Å². The zero-order chi connectivity index (χ0) is 13.1. The van der Waals surface area contributed by atoms with Gasteiger partial charge in [0.25, 0.3) is 11.6 Å². The Morgan fingerprint density at radius 3 is 2.72 bits per heavy atom. The first-order valence-corrected chi connectivity index (χ1v) is 5.56. The van der Waals surface area contributed by atoms with Crippen LogP contribution in [-0.4, -0.2) is 11.2 Å². The molecular weight excluding hydrogens is 306 g/mol. The maximum atomic E-state index is 10.6. The number of carbonyl (C=O) groups is 1. The van der Waals surface area contributed by atoms with E-state index in [1.807, 2.05) is 0 Å². The molecule has 6 nitrogen and oxygen atoms in total. The van der Waals surface area contributed by atoms with Crippen molar-refractivity contribution in [3.63, 3.8) is 0 Å². The average Bonchev–Trinajstić information content (AvgIpc) is 2.79. The molecule has 0 saturated heterocycles. The maximum absolute atomic E-state index is 10.6. The average molecular weight is 312 g/mol. The number of nitro benzene ring substituents is 1. The number of nitrogens with zero attached hydrogens (tertiary/aromatic N) is 1. The quantitative estimate of drug-likeness (QED) is 0.490. The number of aldehydes is 1. The summed E-state index contributed by atoms with van der Waals surface area (Å²) >= 11 is 3.20. The monoisotopic (exact) mass is 311 g/mol. The number of furan rings is 1. The van der Waals surface area contributed by atoms with E-state index in [1.54, 1.807) is 0 Å². The fraction of sp³-hybridized carbons (Fsp3) is 0. The van der Waals surface area contributed by atoms with Crippen LogP contribution in [0.2, 0.25) is 0 Å². The summed E-state index contributed by atoms with van der Waals surface area (Å²) in [6, 6.07) is 6.99. The molecule has 0 amide bonds. The van der Waals surface area contributed by atoms with Crippen LogP contribution >= 0.6 is 15.9 Å². The second-order valence-corrected chi connectivity index (χ2v) is 4.10. The van der Waals surface area contributed by atoms with Crippen molar-refractivity contribution in [2.45, 2.75) is 0 Å². The normalized spacial score (nSPS) is 10.1. The highest BCUT2D eigenvalue weighted by Gasteiger charge is 2.12. The number of carbonyl (C=O) groups excluding carboxylic acids is 1. The van der Waals surface area contributed by atoms with Crippen LogP contribution in [0, 0.1) is 10.1 Å². The van der Waals surface area contributed by atoms with Gasteiger partial charge in [0.15, 0.2) is 17.8 Å². The molecule has 0 aliphatic heterocycles. The largest absolute Gasteiger partial charge is 0.425 e. The second kappa shape index (κ2) is 5.01. The van der Waals surface area contributed by atoms with Crippen molar-refractivity contribution < 1.29 is 18.9 Å². The van der Waals surface area contributed by atoms with Gasteiger partial charge in [-0.15, -0.1) is 0 Å². The van der Waals surface area contributed by atoms with Gasteiger partial charge in [0.2, 0.25) is 0 Å². The fourth-order valence-electron chi connectivity index (χ4n) is 1.24. The van der Waals surface area contributed by atoms with Gasteiger partial charge in [-0.3, -0.25) is 14.9 Å². The molecule has 0 unspecified atom stereocenters. The highest BCUT2D eigenvalue weighted by Crippen LogP contribution is 2.33. The third kappa shape index (κ3) is 2.57. The lowest BCUT2D eigenvalue weighted by atomic mass is 10.3. The van der Waals surface area contributed by atoms with E-state index >= 15 is 0 Å². The standard InChI is InChI=1S/C11H6BrNO5/c12-9-3-1-7(13(15)16)5-10(9)18-11-4-2-8(6-14)17-11/h1-6H. The number of rotatable bonds is 4. The molecule has 7 heteroatoms. The molecule has 0 aliphatic rings. The number of ether oxygens (including phenoxy) is 1. The topological polar surface area (TPSA) is 82.6 Å². The molecule has 92 valence electrons. The Morgan fingerprint density at radius 1 is 1.33 bits per heavy atom. The smallest absolute Gasteiger partial charge is 0.290 e. The van der Waals surface area contributed by atoms with Crippen LogP contribution in [0.5, 0.6) is 11.7 Å². The zero-order valence-corrected chi connectivity index (χ0v) is 10.4. The van der Waals surface area contributed by atoms with Gasteiger partial charge in [-0.25, -0.2) is 0 Å². The first kappa shape index (κ1) is 12.3. The maximum Gasteiger partial charge on any atom is 0.290 e. The molecule has 0 bridgehead atoms. The number of nitro groups is 1. The molecule has 0 N–H and O–H groups in total. The molecule has 1 aromatic carbocycles. The zero-order valence-electron chi connectivity index (χ0n) is 8.83. The first-order valence-electron chi connectivity index (χ1n) is 4.77. The van der Waals surface area contributed by atoms with E-state index < -0.39 is 4.92 Å². The Hall–Kier alpha value is -2.15. The number of non-ortho nitro benzene ring substituents is 1. The molecule has 0 spiro atoms. The fourth-order valence-corrected chi connectivity index (χ4v) is 1.57. The second-order valence-electron chi connectivity index (χ2n) is 3.25. The van der Waals surface area contributed by atoms with E-state index in [0.29, 0.717) is 10.8 Å². The van der Waals surface area contributed by atoms with Crippen molar-refractivity contribution in [1.29, 1.82) is 0 Å². The first-order chi connectivity index (χ1) is 8.60. The lowest BCUT2D eigenvalue weighted by molar-refractivity contribution is -0.384. The number of halogens is 1. The summed E-state index contributed by atoms with van der Waals surface area (Å²) in [6.07, 6.45) is 0.537. The molecule has 0 fully saturated rings. The van der Waals surface area contributed by atoms with Gasteiger partial charge in [-0.05, 0) is 28.1 Å². The Bertz CT molecular complexity index is 607. The summed E-state index contributed by atoms with van der Waals surface area (Å²) < 4.78 is 10.9. The van der Waals surface area contributed by atoms with Crippen molar-refractivity contribution in [1.82, 2.24) is 0 Å². The van der Waals surface area contributed by atoms with Crippen LogP contribution in [0.1, 0.15) is 10.6 Å². The molecule has 0 saturated carbocycles. The van der Waals surface area contributed by atoms with Crippen molar-refractivity contribution in [2.75, 3.05) is 0 Å². The molecule has 2 rings (SSSR count). The van der Waals surface area contributed by atoms with Crippen molar-refractivity contribution in [3.05, 3.63) is 50.7 Å². The van der Waals surface area contributed by atoms with Gasteiger partial charge < -0.3 is 9.15 Å². The van der Waals surface area contributed by atoms with Crippen LogP contribution in [0.25, 0.3) is 0 Å². The van der Waals surface area contributed by atoms with E-state index in [9.17, 15) is 14.9 Å². The minimum atomic E-state index is -0.529. The van der Waals surface area contributed by atoms with E-state index in [0.717, 1.165) is 0 Å². The van der Waals surface area contributed by atoms with Crippen LogP contribution in [0.15, 0.2) is 39.2 Å². The van der Waals surface area contributed by atoms with E-state index in [-0.39, 0.29) is 23.1 Å². The van der Waals surface area contributed by atoms with E-state index in [1.165, 1.54) is 30.3 Å². The predicted octanol–water partition coefficient (Wildman–Crippen LogP) is 3.56. The highest BCUT2D eigenvalue weighted by molar-refractivity contribution is 9.10. The Kier molecular flexibility index (Phi) is 3.42. The van der Waals surface area contributed by atoms with E-state index in [4.69, 9.17) is 9.15 Å². The molecule has 18 heavy (non-hydrogen) atoms. The number of benzene rings is 1. The third-order valence-corrected chi connectivity index (χ3v) is 2.71. The van der Waals surface area contributed by atoms with Gasteiger partial charge in [-0.2, -0.15) is 0 Å². The molecule has 1 heterocycles. The summed E-state index contributed by atoms with van der Waals surface area (Å²) in [5.74, 6) is 0.431. The molecule has 0 aliphatic carbocycles. The van der Waals surface area contributed by atoms with E-state index in [2.05, 4.69) is 15.9 Å². The molecule has 0 atom stereocenters. The van der Waals surface area contributed by atoms with Crippen molar-refractivity contribution in [3.8, 4) is 11.7 Å². The van der Waals surface area contributed by atoms with Crippen LogP contribution in [0.4, 0.5) is 5.69 Å². The highest BCUT2D eigenvalue weighted by atomic mass is 79.9. The number of hydrogen-bond acceptors (Lipinski definition) is 5. The van der Waals surface area contributed by atoms with Gasteiger partial charge in [0.05, 0.1) is 15.5 Å². The molecule has 0 radical (unpaired) electrons. The van der Waals surface area contributed by atoms with Gasteiger partial charge in [-0.1, -0.05) is 0 Å². The van der Waals surface area contributed by atoms with Crippen molar-refractivity contribution in [2.24, 2.45) is 0 Å². The lowest BCUT2D eigenvalue weighted by Gasteiger charge is -2.04. The predicted molar refractivity (Wildman–Crippen MR) is 65.0 cm³/mol. The van der Waals surface area contributed by atoms with Gasteiger partial charge >= 0.3 is 0 Å². The summed E-state index contributed by atoms with van der Waals surface area (Å²) in [4.78, 5) is 20.5. The Morgan fingerprint density at radius 2 is 2.11 bits per heavy atom. The SMILES string of the molecule is O=Cc1ccc(Oc2cc([N+](=O)[O-])ccc2Br)o1. The minimum absolute atomic E-state index is 0.0818. The minimum Gasteiger partial charge on any atom is -0.425 e. The molecule has 1 aromatic heterocycles. The molecular formula is C11H6BrNO5.